The zero-order valence-corrected chi connectivity index (χ0v) is 9.50. The summed E-state index contributed by atoms with van der Waals surface area (Å²) in [7, 11) is 0. The van der Waals surface area contributed by atoms with Gasteiger partial charge in [-0.25, -0.2) is 4.39 Å². The smallest absolute Gasteiger partial charge is 0.137 e. The maximum absolute atomic E-state index is 13.0. The first-order valence-corrected chi connectivity index (χ1v) is 5.48. The molecule has 1 aliphatic heterocycles. The van der Waals surface area contributed by atoms with Crippen LogP contribution in [0, 0.1) is 23.1 Å². The van der Waals surface area contributed by atoms with Gasteiger partial charge in [-0.2, -0.15) is 5.26 Å². The van der Waals surface area contributed by atoms with E-state index in [4.69, 9.17) is 10.00 Å². The van der Waals surface area contributed by atoms with E-state index in [0.29, 0.717) is 11.1 Å². The Bertz CT molecular complexity index is 416. The van der Waals surface area contributed by atoms with Crippen molar-refractivity contribution in [1.29, 1.82) is 5.26 Å². The van der Waals surface area contributed by atoms with E-state index in [1.165, 1.54) is 6.07 Å². The second kappa shape index (κ2) is 4.30. The Morgan fingerprint density at radius 2 is 2.33 bits per heavy atom. The molecule has 1 saturated heterocycles. The van der Waals surface area contributed by atoms with Crippen molar-refractivity contribution in [3.8, 4) is 6.07 Å². The Labute approximate surface area is 95.8 Å². The van der Waals surface area contributed by atoms with Crippen LogP contribution in [0.25, 0.3) is 0 Å². The van der Waals surface area contributed by atoms with E-state index in [9.17, 15) is 4.39 Å². The van der Waals surface area contributed by atoms with Crippen molar-refractivity contribution in [1.82, 2.24) is 0 Å². The number of hydrogen-bond donors (Lipinski definition) is 0. The first-order valence-electron chi connectivity index (χ1n) is 4.68. The number of halogens is 2. The van der Waals surface area contributed by atoms with Crippen LogP contribution in [0.3, 0.4) is 0 Å². The lowest BCUT2D eigenvalue weighted by Crippen LogP contribution is -2.05. The van der Waals surface area contributed by atoms with Gasteiger partial charge in [0.15, 0.2) is 0 Å². The second-order valence-corrected chi connectivity index (χ2v) is 4.34. The first kappa shape index (κ1) is 10.6. The molecule has 0 radical (unpaired) electrons. The lowest BCUT2D eigenvalue weighted by molar-refractivity contribution is 0.101. The van der Waals surface area contributed by atoms with Crippen LogP contribution in [0.4, 0.5) is 4.39 Å². The molecule has 0 saturated carbocycles. The molecule has 4 heteroatoms. The predicted octanol–water partition coefficient (Wildman–Crippen LogP) is 3.19. The van der Waals surface area contributed by atoms with Gasteiger partial charge in [-0.05, 0) is 40.0 Å². The van der Waals surface area contributed by atoms with Crippen molar-refractivity contribution in [2.24, 2.45) is 5.92 Å². The average Bonchev–Trinajstić information content (AvgIpc) is 2.70. The third-order valence-electron chi connectivity index (χ3n) is 2.53. The molecule has 1 fully saturated rings. The van der Waals surface area contributed by atoms with Gasteiger partial charge in [0.1, 0.15) is 5.82 Å². The van der Waals surface area contributed by atoms with Crippen LogP contribution in [-0.4, -0.2) is 6.61 Å². The molecule has 2 rings (SSSR count). The van der Waals surface area contributed by atoms with Crippen LogP contribution in [0.1, 0.15) is 18.1 Å². The van der Waals surface area contributed by atoms with Crippen LogP contribution in [0.5, 0.6) is 0 Å². The van der Waals surface area contributed by atoms with E-state index in [1.807, 2.05) is 0 Å². The molecule has 78 valence electrons. The van der Waals surface area contributed by atoms with E-state index in [-0.39, 0.29) is 17.8 Å². The molecule has 0 N–H and O–H groups in total. The first-order chi connectivity index (χ1) is 7.22. The standard InChI is InChI=1S/C11H9BrFNO/c12-9-5-7(1-2-10(9)13)11-8(6-14)3-4-15-11/h1-2,5,8,11H,3-4H2. The Hall–Kier alpha value is -0.920. The van der Waals surface area contributed by atoms with Gasteiger partial charge in [-0.3, -0.25) is 0 Å². The molecule has 0 spiro atoms. The summed E-state index contributed by atoms with van der Waals surface area (Å²) in [4.78, 5) is 0. The topological polar surface area (TPSA) is 33.0 Å². The van der Waals surface area contributed by atoms with Gasteiger partial charge in [0, 0.05) is 6.61 Å². The molecule has 0 aromatic heterocycles. The van der Waals surface area contributed by atoms with E-state index in [2.05, 4.69) is 22.0 Å². The number of benzene rings is 1. The van der Waals surface area contributed by atoms with Crippen molar-refractivity contribution in [3.05, 3.63) is 34.1 Å². The van der Waals surface area contributed by atoms with Crippen LogP contribution < -0.4 is 0 Å². The minimum Gasteiger partial charge on any atom is -0.372 e. The van der Waals surface area contributed by atoms with Gasteiger partial charge in [-0.1, -0.05) is 6.07 Å². The molecule has 1 aromatic rings. The van der Waals surface area contributed by atoms with E-state index in [0.717, 1.165) is 12.0 Å². The third-order valence-corrected chi connectivity index (χ3v) is 3.14. The van der Waals surface area contributed by atoms with E-state index < -0.39 is 0 Å². The lowest BCUT2D eigenvalue weighted by Gasteiger charge is -2.13. The summed E-state index contributed by atoms with van der Waals surface area (Å²) >= 11 is 3.12. The molecule has 0 bridgehead atoms. The normalized spacial score (nSPS) is 25.1. The number of nitrogens with zero attached hydrogens (tertiary/aromatic N) is 1. The monoisotopic (exact) mass is 269 g/mol. The average molecular weight is 270 g/mol. The lowest BCUT2D eigenvalue weighted by atomic mass is 9.97. The highest BCUT2D eigenvalue weighted by Gasteiger charge is 2.29. The predicted molar refractivity (Wildman–Crippen MR) is 56.5 cm³/mol. The highest BCUT2D eigenvalue weighted by molar-refractivity contribution is 9.10. The van der Waals surface area contributed by atoms with Crippen LogP contribution in [0.15, 0.2) is 22.7 Å². The van der Waals surface area contributed by atoms with Crippen molar-refractivity contribution >= 4 is 15.9 Å². The minimum atomic E-state index is -0.301. The summed E-state index contributed by atoms with van der Waals surface area (Å²) in [5.74, 6) is -0.424. The highest BCUT2D eigenvalue weighted by Crippen LogP contribution is 2.35. The maximum Gasteiger partial charge on any atom is 0.137 e. The summed E-state index contributed by atoms with van der Waals surface area (Å²) < 4.78 is 18.9. The number of hydrogen-bond acceptors (Lipinski definition) is 2. The Balaban J connectivity index is 2.30. The number of ether oxygens (including phenoxy) is 1. The van der Waals surface area contributed by atoms with Crippen molar-refractivity contribution < 1.29 is 9.13 Å². The van der Waals surface area contributed by atoms with Crippen molar-refractivity contribution in [3.63, 3.8) is 0 Å². The summed E-state index contributed by atoms with van der Waals surface area (Å²) in [6.07, 6.45) is 0.530. The molecule has 0 amide bonds. The Morgan fingerprint density at radius 1 is 1.53 bits per heavy atom. The minimum absolute atomic E-state index is 0.123. The molecular formula is C11H9BrFNO. The largest absolute Gasteiger partial charge is 0.372 e. The van der Waals surface area contributed by atoms with Crippen LogP contribution >= 0.6 is 15.9 Å². The van der Waals surface area contributed by atoms with Gasteiger partial charge in [0.05, 0.1) is 22.6 Å². The molecule has 2 nitrogen and oxygen atoms in total. The molecule has 1 heterocycles. The van der Waals surface area contributed by atoms with Crippen molar-refractivity contribution in [2.45, 2.75) is 12.5 Å². The molecule has 2 atom stereocenters. The molecule has 1 aromatic carbocycles. The van der Waals surface area contributed by atoms with Crippen LogP contribution in [-0.2, 0) is 4.74 Å². The fourth-order valence-corrected chi connectivity index (χ4v) is 2.14. The molecule has 15 heavy (non-hydrogen) atoms. The van der Waals surface area contributed by atoms with E-state index >= 15 is 0 Å². The fraction of sp³-hybridized carbons (Fsp3) is 0.364. The van der Waals surface area contributed by atoms with Gasteiger partial charge in [-0.15, -0.1) is 0 Å². The Morgan fingerprint density at radius 3 is 3.00 bits per heavy atom. The zero-order valence-electron chi connectivity index (χ0n) is 7.91. The summed E-state index contributed by atoms with van der Waals surface area (Å²) in [5, 5.41) is 8.91. The quantitative estimate of drug-likeness (QED) is 0.785. The van der Waals surface area contributed by atoms with Crippen LogP contribution in [0.2, 0.25) is 0 Å². The summed E-state index contributed by atoms with van der Waals surface area (Å²) in [5.41, 5.74) is 0.854. The SMILES string of the molecule is N#CC1CCOC1c1ccc(F)c(Br)c1. The van der Waals surface area contributed by atoms with Gasteiger partial charge >= 0.3 is 0 Å². The Kier molecular flexibility index (Phi) is 3.03. The van der Waals surface area contributed by atoms with Gasteiger partial charge < -0.3 is 4.74 Å². The molecular weight excluding hydrogens is 261 g/mol. The van der Waals surface area contributed by atoms with Crippen molar-refractivity contribution in [2.75, 3.05) is 6.61 Å². The summed E-state index contributed by atoms with van der Waals surface area (Å²) in [6, 6.07) is 6.94. The zero-order chi connectivity index (χ0) is 10.8. The summed E-state index contributed by atoms with van der Waals surface area (Å²) in [6.45, 7) is 0.595. The molecule has 0 aliphatic carbocycles. The second-order valence-electron chi connectivity index (χ2n) is 3.49. The number of rotatable bonds is 1. The van der Waals surface area contributed by atoms with Gasteiger partial charge in [0.25, 0.3) is 0 Å². The highest BCUT2D eigenvalue weighted by atomic mass is 79.9. The molecule has 1 aliphatic rings. The maximum atomic E-state index is 13.0. The fourth-order valence-electron chi connectivity index (χ4n) is 1.74. The van der Waals surface area contributed by atoms with E-state index in [1.54, 1.807) is 12.1 Å². The third kappa shape index (κ3) is 2.04. The number of nitriles is 1. The van der Waals surface area contributed by atoms with Gasteiger partial charge in [0.2, 0.25) is 0 Å². The molecule has 2 unspecified atom stereocenters.